The molecular weight excluding hydrogens is 561 g/mol. The zero-order chi connectivity index (χ0) is 32.2. The van der Waals surface area contributed by atoms with Gasteiger partial charge in [-0.2, -0.15) is 0 Å². The summed E-state index contributed by atoms with van der Waals surface area (Å²) in [7, 11) is 0. The second-order valence-corrected chi connectivity index (χ2v) is 11.7. The Bertz CT molecular complexity index is 1270. The Balaban J connectivity index is 2.23. The molecule has 12 heteroatoms. The van der Waals surface area contributed by atoms with E-state index in [1.54, 1.807) is 71.9 Å². The molecule has 0 unspecified atom stereocenters. The molecule has 0 radical (unpaired) electrons. The molecule has 234 valence electrons. The Kier molecular flexibility index (Phi) is 12.6. The molecule has 11 nitrogen and oxygen atoms in total. The van der Waals surface area contributed by atoms with Crippen molar-refractivity contribution in [2.75, 3.05) is 5.32 Å². The van der Waals surface area contributed by atoms with Gasteiger partial charge in [-0.05, 0) is 65.7 Å². The first-order valence-electron chi connectivity index (χ1n) is 13.8. The highest BCUT2D eigenvalue weighted by Gasteiger charge is 2.31. The molecule has 2 aromatic carbocycles. The van der Waals surface area contributed by atoms with Crippen molar-refractivity contribution in [3.8, 4) is 0 Å². The molecule has 0 aliphatic heterocycles. The highest BCUT2D eigenvalue weighted by Crippen LogP contribution is 2.16. The van der Waals surface area contributed by atoms with Crippen LogP contribution in [-0.2, 0) is 40.0 Å². The van der Waals surface area contributed by atoms with Crippen molar-refractivity contribution in [2.24, 2.45) is 0 Å². The number of para-hydroxylation sites is 1. The largest absolute Gasteiger partial charge is 0.460 e. The Hall–Kier alpha value is -4.48. The van der Waals surface area contributed by atoms with E-state index in [2.05, 4.69) is 16.0 Å². The molecule has 0 saturated carbocycles. The number of hydrogen-bond donors (Lipinski definition) is 3. The first-order valence-corrected chi connectivity index (χ1v) is 13.8. The summed E-state index contributed by atoms with van der Waals surface area (Å²) in [5, 5.41) is 7.20. The lowest BCUT2D eigenvalue weighted by Crippen LogP contribution is -2.53. The molecule has 2 aromatic rings. The molecule has 3 amide bonds. The molecule has 3 N–H and O–H groups in total. The minimum atomic E-state index is -1.51. The van der Waals surface area contributed by atoms with Crippen LogP contribution in [0.2, 0.25) is 0 Å². The Morgan fingerprint density at radius 1 is 0.744 bits per heavy atom. The fraction of sp³-hybridized carbons (Fsp3) is 0.452. The lowest BCUT2D eigenvalue weighted by atomic mass is 10.1. The molecule has 0 aliphatic rings. The van der Waals surface area contributed by atoms with Crippen molar-refractivity contribution >= 4 is 35.5 Å². The zero-order valence-corrected chi connectivity index (χ0v) is 25.3. The Morgan fingerprint density at radius 3 is 1.93 bits per heavy atom. The number of benzene rings is 2. The van der Waals surface area contributed by atoms with Gasteiger partial charge in [0.15, 0.2) is 0 Å². The lowest BCUT2D eigenvalue weighted by Gasteiger charge is -2.25. The maximum absolute atomic E-state index is 14.2. The minimum absolute atomic E-state index is 0.100. The monoisotopic (exact) mass is 601 g/mol. The number of hydrogen-bond acceptors (Lipinski definition) is 8. The number of carbonyl (C=O) groups excluding carboxylic acids is 5. The number of halogens is 1. The van der Waals surface area contributed by atoms with Gasteiger partial charge in [0.25, 0.3) is 0 Å². The Morgan fingerprint density at radius 2 is 1.33 bits per heavy atom. The number of esters is 2. The van der Waals surface area contributed by atoms with Gasteiger partial charge in [0, 0.05) is 6.42 Å². The maximum Gasteiger partial charge on any atom is 0.408 e. The summed E-state index contributed by atoms with van der Waals surface area (Å²) >= 11 is 0. The summed E-state index contributed by atoms with van der Waals surface area (Å²) in [6, 6.07) is 11.3. The smallest absolute Gasteiger partial charge is 0.408 e. The third kappa shape index (κ3) is 13.8. The van der Waals surface area contributed by atoms with Gasteiger partial charge in [-0.1, -0.05) is 42.5 Å². The van der Waals surface area contributed by atoms with Crippen molar-refractivity contribution in [1.29, 1.82) is 0 Å². The molecule has 0 aromatic heterocycles. The van der Waals surface area contributed by atoms with Gasteiger partial charge < -0.3 is 30.2 Å². The second-order valence-electron chi connectivity index (χ2n) is 11.7. The standard InChI is InChI=1S/C31H40FN3O8/c1-30(2,3)42-25(36)17-16-23(27(38)33-22-15-11-10-14-21(22)32)34-28(39)24(18-26(37)43-31(4,5)6)35-29(40)41-19-20-12-8-7-9-13-20/h7-15,23-24H,16-19H2,1-6H3,(H,33,38)(H,34,39)(H,35,40)/t23-,24-/m0/s1. The molecule has 0 spiro atoms. The van der Waals surface area contributed by atoms with E-state index in [1.165, 1.54) is 18.2 Å². The minimum Gasteiger partial charge on any atom is -0.460 e. The van der Waals surface area contributed by atoms with Crippen LogP contribution in [0.15, 0.2) is 54.6 Å². The molecule has 0 fully saturated rings. The van der Waals surface area contributed by atoms with Crippen LogP contribution in [0.5, 0.6) is 0 Å². The van der Waals surface area contributed by atoms with E-state index in [0.29, 0.717) is 5.56 Å². The average molecular weight is 602 g/mol. The summed E-state index contributed by atoms with van der Waals surface area (Å²) < 4.78 is 30.0. The summed E-state index contributed by atoms with van der Waals surface area (Å²) in [6.07, 6.45) is -2.07. The van der Waals surface area contributed by atoms with Crippen LogP contribution < -0.4 is 16.0 Å². The van der Waals surface area contributed by atoms with Crippen molar-refractivity contribution in [1.82, 2.24) is 10.6 Å². The summed E-state index contributed by atoms with van der Waals surface area (Å²) in [6.45, 7) is 9.86. The first-order chi connectivity index (χ1) is 20.0. The van der Waals surface area contributed by atoms with E-state index >= 15 is 0 Å². The number of nitrogens with one attached hydrogen (secondary N) is 3. The quantitative estimate of drug-likeness (QED) is 0.240. The van der Waals surface area contributed by atoms with Gasteiger partial charge in [-0.25, -0.2) is 9.18 Å². The molecule has 0 aliphatic carbocycles. The molecule has 43 heavy (non-hydrogen) atoms. The molecule has 2 atom stereocenters. The maximum atomic E-state index is 14.2. The molecular formula is C31H40FN3O8. The van der Waals surface area contributed by atoms with E-state index in [1.807, 2.05) is 0 Å². The average Bonchev–Trinajstić information content (AvgIpc) is 2.89. The predicted molar refractivity (Wildman–Crippen MR) is 156 cm³/mol. The van der Waals surface area contributed by atoms with Gasteiger partial charge in [0.05, 0.1) is 12.1 Å². The van der Waals surface area contributed by atoms with Gasteiger partial charge in [0.1, 0.15) is 35.7 Å². The van der Waals surface area contributed by atoms with Gasteiger partial charge >= 0.3 is 18.0 Å². The van der Waals surface area contributed by atoms with Gasteiger partial charge in [-0.3, -0.25) is 19.2 Å². The molecule has 0 heterocycles. The molecule has 0 bridgehead atoms. The highest BCUT2D eigenvalue weighted by atomic mass is 19.1. The zero-order valence-electron chi connectivity index (χ0n) is 25.3. The number of ether oxygens (including phenoxy) is 3. The lowest BCUT2D eigenvalue weighted by molar-refractivity contribution is -0.156. The fourth-order valence-corrected chi connectivity index (χ4v) is 3.64. The number of amides is 3. The summed E-state index contributed by atoms with van der Waals surface area (Å²) in [5.41, 5.74) is -1.11. The van der Waals surface area contributed by atoms with Crippen LogP contribution in [0.3, 0.4) is 0 Å². The SMILES string of the molecule is CC(C)(C)OC(=O)CC[C@H](NC(=O)[C@H](CC(=O)OC(C)(C)C)NC(=O)OCc1ccccc1)C(=O)Nc1ccccc1F. The second kappa shape index (κ2) is 15.7. The fourth-order valence-electron chi connectivity index (χ4n) is 3.64. The van der Waals surface area contributed by atoms with Crippen molar-refractivity contribution < 1.29 is 42.6 Å². The predicted octanol–water partition coefficient (Wildman–Crippen LogP) is 4.40. The topological polar surface area (TPSA) is 149 Å². The van der Waals surface area contributed by atoms with Crippen LogP contribution in [0.1, 0.15) is 66.4 Å². The van der Waals surface area contributed by atoms with Crippen molar-refractivity contribution in [3.63, 3.8) is 0 Å². The van der Waals surface area contributed by atoms with Crippen LogP contribution in [-0.4, -0.2) is 53.1 Å². The normalized spacial score (nSPS) is 12.7. The number of anilines is 1. The van der Waals surface area contributed by atoms with Gasteiger partial charge in [-0.15, -0.1) is 0 Å². The molecule has 0 saturated heterocycles. The summed E-state index contributed by atoms with van der Waals surface area (Å²) in [4.78, 5) is 64.1. The third-order valence-electron chi connectivity index (χ3n) is 5.43. The highest BCUT2D eigenvalue weighted by molar-refractivity contribution is 5.99. The number of alkyl carbamates (subject to hydrolysis) is 1. The van der Waals surface area contributed by atoms with Gasteiger partial charge in [0.2, 0.25) is 11.8 Å². The van der Waals surface area contributed by atoms with E-state index in [4.69, 9.17) is 14.2 Å². The van der Waals surface area contributed by atoms with E-state index in [-0.39, 0.29) is 25.1 Å². The Labute approximate surface area is 250 Å². The first kappa shape index (κ1) is 34.7. The van der Waals surface area contributed by atoms with Crippen LogP contribution in [0.4, 0.5) is 14.9 Å². The molecule has 2 rings (SSSR count). The van der Waals surface area contributed by atoms with E-state index in [0.717, 1.165) is 6.07 Å². The number of rotatable bonds is 12. The number of carbonyl (C=O) groups is 5. The van der Waals surface area contributed by atoms with Crippen LogP contribution >= 0.6 is 0 Å². The van der Waals surface area contributed by atoms with E-state index < -0.39 is 65.4 Å². The third-order valence-corrected chi connectivity index (χ3v) is 5.43. The van der Waals surface area contributed by atoms with Crippen molar-refractivity contribution in [2.45, 2.75) is 90.7 Å². The summed E-state index contributed by atoms with van der Waals surface area (Å²) in [5.74, 6) is -3.89. The van der Waals surface area contributed by atoms with Crippen molar-refractivity contribution in [3.05, 3.63) is 66.0 Å². The van der Waals surface area contributed by atoms with E-state index in [9.17, 15) is 28.4 Å². The van der Waals surface area contributed by atoms with Crippen LogP contribution in [0.25, 0.3) is 0 Å². The van der Waals surface area contributed by atoms with Crippen LogP contribution in [0, 0.1) is 5.82 Å².